The van der Waals surface area contributed by atoms with Gasteiger partial charge in [-0.3, -0.25) is 4.79 Å². The summed E-state index contributed by atoms with van der Waals surface area (Å²) in [5.41, 5.74) is 2.22. The molecule has 1 amide bonds. The lowest BCUT2D eigenvalue weighted by Gasteiger charge is -2.08. The molecule has 1 aromatic carbocycles. The van der Waals surface area contributed by atoms with Gasteiger partial charge in [0.15, 0.2) is 0 Å². The summed E-state index contributed by atoms with van der Waals surface area (Å²) in [6, 6.07) is 8.25. The molecule has 1 heterocycles. The highest BCUT2D eigenvalue weighted by atomic mass is 32.2. The minimum atomic E-state index is -0.00170. The predicted octanol–water partition coefficient (Wildman–Crippen LogP) is 2.87. The van der Waals surface area contributed by atoms with Crippen molar-refractivity contribution in [3.05, 3.63) is 29.8 Å². The number of thioether (sulfide) groups is 1. The predicted molar refractivity (Wildman–Crippen MR) is 96.3 cm³/mol. The number of amides is 1. The first-order valence-corrected chi connectivity index (χ1v) is 9.36. The summed E-state index contributed by atoms with van der Waals surface area (Å²) in [4.78, 5) is 11.8. The van der Waals surface area contributed by atoms with Gasteiger partial charge < -0.3 is 5.32 Å². The van der Waals surface area contributed by atoms with Crippen molar-refractivity contribution in [3.63, 3.8) is 0 Å². The van der Waals surface area contributed by atoms with Gasteiger partial charge in [-0.2, -0.15) is 4.68 Å². The second kappa shape index (κ2) is 9.42. The van der Waals surface area contributed by atoms with E-state index in [1.807, 2.05) is 12.1 Å². The molecule has 0 saturated carbocycles. The second-order valence-corrected chi connectivity index (χ2v) is 7.07. The van der Waals surface area contributed by atoms with Crippen LogP contribution in [0.2, 0.25) is 0 Å². The smallest absolute Gasteiger partial charge is 0.230 e. The fraction of sp³-hybridized carbons (Fsp3) is 0.529. The first-order chi connectivity index (χ1) is 11.6. The van der Waals surface area contributed by atoms with E-state index >= 15 is 0 Å². The summed E-state index contributed by atoms with van der Waals surface area (Å²) in [6.45, 7) is 7.01. The summed E-state index contributed by atoms with van der Waals surface area (Å²) in [5.74, 6) is 0.746. The van der Waals surface area contributed by atoms with Crippen LogP contribution in [-0.4, -0.2) is 38.4 Å². The van der Waals surface area contributed by atoms with E-state index in [0.717, 1.165) is 12.1 Å². The molecule has 0 atom stereocenters. The maximum absolute atomic E-state index is 11.8. The maximum Gasteiger partial charge on any atom is 0.230 e. The lowest BCUT2D eigenvalue weighted by atomic mass is 10.1. The van der Waals surface area contributed by atoms with E-state index < -0.39 is 0 Å². The summed E-state index contributed by atoms with van der Waals surface area (Å²) < 4.78 is 1.67. The topological polar surface area (TPSA) is 72.7 Å². The molecule has 0 bridgehead atoms. The first-order valence-electron chi connectivity index (χ1n) is 8.37. The zero-order valence-corrected chi connectivity index (χ0v) is 15.3. The molecular weight excluding hydrogens is 322 g/mol. The quantitative estimate of drug-likeness (QED) is 0.706. The summed E-state index contributed by atoms with van der Waals surface area (Å²) in [5, 5.41) is 15.3. The SMILES string of the molecule is CCCCc1ccc(-n2nnnc2SCC(=O)NCC(C)C)cc1. The minimum absolute atomic E-state index is 0.00170. The van der Waals surface area contributed by atoms with Crippen LogP contribution in [-0.2, 0) is 11.2 Å². The third-order valence-electron chi connectivity index (χ3n) is 3.48. The fourth-order valence-electron chi connectivity index (χ4n) is 2.11. The average molecular weight is 347 g/mol. The van der Waals surface area contributed by atoms with Crippen LogP contribution in [0.15, 0.2) is 29.4 Å². The Morgan fingerprint density at radius 2 is 2.04 bits per heavy atom. The molecule has 1 aromatic heterocycles. The van der Waals surface area contributed by atoms with Crippen molar-refractivity contribution in [2.45, 2.75) is 45.2 Å². The van der Waals surface area contributed by atoms with Gasteiger partial charge in [0.1, 0.15) is 0 Å². The number of rotatable bonds is 9. The largest absolute Gasteiger partial charge is 0.355 e. The maximum atomic E-state index is 11.8. The molecule has 0 aliphatic heterocycles. The molecule has 0 fully saturated rings. The number of tetrazole rings is 1. The molecule has 6 nitrogen and oxygen atoms in total. The van der Waals surface area contributed by atoms with E-state index in [0.29, 0.717) is 23.4 Å². The molecule has 0 saturated heterocycles. The Balaban J connectivity index is 1.95. The van der Waals surface area contributed by atoms with Crippen molar-refractivity contribution >= 4 is 17.7 Å². The normalized spacial score (nSPS) is 11.0. The number of carbonyl (C=O) groups is 1. The molecule has 1 N–H and O–H groups in total. The van der Waals surface area contributed by atoms with E-state index in [2.05, 4.69) is 53.7 Å². The Labute approximate surface area is 147 Å². The molecule has 24 heavy (non-hydrogen) atoms. The van der Waals surface area contributed by atoms with Crippen LogP contribution in [0.1, 0.15) is 39.2 Å². The van der Waals surface area contributed by atoms with Crippen molar-refractivity contribution in [2.75, 3.05) is 12.3 Å². The molecule has 2 aromatic rings. The summed E-state index contributed by atoms with van der Waals surface area (Å²) in [6.07, 6.45) is 3.47. The number of nitrogens with zero attached hydrogens (tertiary/aromatic N) is 4. The van der Waals surface area contributed by atoms with Crippen molar-refractivity contribution in [3.8, 4) is 5.69 Å². The van der Waals surface area contributed by atoms with Crippen molar-refractivity contribution in [1.82, 2.24) is 25.5 Å². The van der Waals surface area contributed by atoms with Gasteiger partial charge in [0.05, 0.1) is 11.4 Å². The average Bonchev–Trinajstić information content (AvgIpc) is 3.05. The van der Waals surface area contributed by atoms with Crippen LogP contribution in [0.5, 0.6) is 0 Å². The Morgan fingerprint density at radius 3 is 2.71 bits per heavy atom. The van der Waals surface area contributed by atoms with Gasteiger partial charge in [0.2, 0.25) is 11.1 Å². The number of hydrogen-bond acceptors (Lipinski definition) is 5. The third kappa shape index (κ3) is 5.63. The van der Waals surface area contributed by atoms with Crippen LogP contribution in [0.4, 0.5) is 0 Å². The number of carbonyl (C=O) groups excluding carboxylic acids is 1. The Bertz CT molecular complexity index is 639. The van der Waals surface area contributed by atoms with Crippen molar-refractivity contribution in [1.29, 1.82) is 0 Å². The molecule has 0 aliphatic rings. The van der Waals surface area contributed by atoms with Crippen LogP contribution >= 0.6 is 11.8 Å². The second-order valence-electron chi connectivity index (χ2n) is 6.13. The van der Waals surface area contributed by atoms with Gasteiger partial charge in [-0.1, -0.05) is 51.1 Å². The van der Waals surface area contributed by atoms with E-state index in [9.17, 15) is 4.79 Å². The lowest BCUT2D eigenvalue weighted by Crippen LogP contribution is -2.28. The number of benzene rings is 1. The third-order valence-corrected chi connectivity index (χ3v) is 4.40. The van der Waals surface area contributed by atoms with Gasteiger partial charge in [-0.15, -0.1) is 5.10 Å². The number of aryl methyl sites for hydroxylation is 1. The molecule has 0 unspecified atom stereocenters. The molecule has 130 valence electrons. The molecule has 0 spiro atoms. The monoisotopic (exact) mass is 347 g/mol. The highest BCUT2D eigenvalue weighted by Crippen LogP contribution is 2.18. The molecule has 2 rings (SSSR count). The Morgan fingerprint density at radius 1 is 1.29 bits per heavy atom. The number of unbranched alkanes of at least 4 members (excludes halogenated alkanes) is 1. The van der Waals surface area contributed by atoms with Crippen LogP contribution in [0.25, 0.3) is 5.69 Å². The molecule has 7 heteroatoms. The van der Waals surface area contributed by atoms with Gasteiger partial charge in [0.25, 0.3) is 0 Å². The minimum Gasteiger partial charge on any atom is -0.355 e. The molecule has 0 radical (unpaired) electrons. The summed E-state index contributed by atoms with van der Waals surface area (Å²) in [7, 11) is 0. The molecular formula is C17H25N5OS. The highest BCUT2D eigenvalue weighted by molar-refractivity contribution is 7.99. The van der Waals surface area contributed by atoms with E-state index in [-0.39, 0.29) is 5.91 Å². The summed E-state index contributed by atoms with van der Waals surface area (Å²) >= 11 is 1.34. The number of nitrogens with one attached hydrogen (secondary N) is 1. The van der Waals surface area contributed by atoms with Gasteiger partial charge in [0, 0.05) is 6.54 Å². The number of hydrogen-bond donors (Lipinski definition) is 1. The van der Waals surface area contributed by atoms with Gasteiger partial charge >= 0.3 is 0 Å². The molecule has 0 aliphatic carbocycles. The fourth-order valence-corrected chi connectivity index (χ4v) is 2.84. The lowest BCUT2D eigenvalue weighted by molar-refractivity contribution is -0.118. The van der Waals surface area contributed by atoms with Crippen molar-refractivity contribution < 1.29 is 4.79 Å². The van der Waals surface area contributed by atoms with E-state index in [4.69, 9.17) is 0 Å². The Kier molecular flexibility index (Phi) is 7.24. The van der Waals surface area contributed by atoms with E-state index in [1.165, 1.54) is 30.2 Å². The first kappa shape index (κ1) is 18.4. The Hall–Kier alpha value is -1.89. The zero-order chi connectivity index (χ0) is 17.4. The van der Waals surface area contributed by atoms with Gasteiger partial charge in [-0.25, -0.2) is 0 Å². The zero-order valence-electron chi connectivity index (χ0n) is 14.5. The van der Waals surface area contributed by atoms with Crippen LogP contribution in [0.3, 0.4) is 0 Å². The van der Waals surface area contributed by atoms with Crippen LogP contribution < -0.4 is 5.32 Å². The standard InChI is InChI=1S/C17H25N5OS/c1-4-5-6-14-7-9-15(10-8-14)22-17(19-20-21-22)24-12-16(23)18-11-13(2)3/h7-10,13H,4-6,11-12H2,1-3H3,(H,18,23). The highest BCUT2D eigenvalue weighted by Gasteiger charge is 2.11. The van der Waals surface area contributed by atoms with Crippen molar-refractivity contribution in [2.24, 2.45) is 5.92 Å². The number of aromatic nitrogens is 4. The van der Waals surface area contributed by atoms with E-state index in [1.54, 1.807) is 4.68 Å². The van der Waals surface area contributed by atoms with Gasteiger partial charge in [-0.05, 0) is 46.9 Å². The van der Waals surface area contributed by atoms with Crippen LogP contribution in [0, 0.1) is 5.92 Å².